The molecule has 0 radical (unpaired) electrons. The molecule has 0 bridgehead atoms. The molecular weight excluding hydrogens is 293 g/mol. The van der Waals surface area contributed by atoms with Gasteiger partial charge in [-0.3, -0.25) is 9.59 Å². The van der Waals surface area contributed by atoms with Crippen LogP contribution < -0.4 is 5.32 Å². The van der Waals surface area contributed by atoms with Crippen LogP contribution in [0.5, 0.6) is 0 Å². The molecule has 0 spiro atoms. The summed E-state index contributed by atoms with van der Waals surface area (Å²) in [5.41, 5.74) is -0.0770. The maximum atomic E-state index is 13.6. The molecule has 3 atom stereocenters. The summed E-state index contributed by atoms with van der Waals surface area (Å²) in [7, 11) is 0. The lowest BCUT2D eigenvalue weighted by atomic mass is 9.96. The van der Waals surface area contributed by atoms with Crippen molar-refractivity contribution in [3.05, 3.63) is 35.6 Å². The van der Waals surface area contributed by atoms with Gasteiger partial charge in [-0.05, 0) is 25.0 Å². The number of benzene rings is 1. The van der Waals surface area contributed by atoms with Gasteiger partial charge < -0.3 is 20.3 Å². The predicted molar refractivity (Wildman–Crippen MR) is 74.9 cm³/mol. The van der Waals surface area contributed by atoms with Gasteiger partial charge in [0, 0.05) is 0 Å². The second-order valence-electron chi connectivity index (χ2n) is 5.21. The van der Waals surface area contributed by atoms with Crippen LogP contribution in [0.1, 0.15) is 29.6 Å². The highest BCUT2D eigenvalue weighted by Crippen LogP contribution is 2.22. The first kappa shape index (κ1) is 16.4. The number of hydrogen-bond acceptors (Lipinski definition) is 4. The maximum absolute atomic E-state index is 13.6. The molecule has 120 valence electrons. The van der Waals surface area contributed by atoms with Crippen molar-refractivity contribution >= 4 is 11.9 Å². The molecule has 1 aromatic rings. The van der Waals surface area contributed by atoms with Crippen LogP contribution in [0.4, 0.5) is 4.39 Å². The van der Waals surface area contributed by atoms with E-state index in [0.717, 1.165) is 0 Å². The van der Waals surface area contributed by atoms with E-state index in [4.69, 9.17) is 9.84 Å². The van der Waals surface area contributed by atoms with Crippen LogP contribution in [0.15, 0.2) is 24.3 Å². The number of aliphatic carboxylic acids is 1. The van der Waals surface area contributed by atoms with Crippen molar-refractivity contribution in [2.75, 3.05) is 6.61 Å². The Bertz CT molecular complexity index is 550. The molecule has 3 N–H and O–H groups in total. The van der Waals surface area contributed by atoms with Crippen molar-refractivity contribution in [2.45, 2.75) is 37.5 Å². The largest absolute Gasteiger partial charge is 0.481 e. The molecule has 6 nitrogen and oxygen atoms in total. The second kappa shape index (κ2) is 7.33. The normalized spacial score (nSPS) is 24.7. The molecule has 1 heterocycles. The number of nitrogens with one attached hydrogen (secondary N) is 1. The van der Waals surface area contributed by atoms with Gasteiger partial charge in [0.25, 0.3) is 5.91 Å². The number of amides is 1. The number of carboxylic acid groups (broad SMARTS) is 1. The van der Waals surface area contributed by atoms with Gasteiger partial charge >= 0.3 is 5.97 Å². The van der Waals surface area contributed by atoms with E-state index >= 15 is 0 Å². The van der Waals surface area contributed by atoms with Crippen LogP contribution in [0, 0.1) is 5.82 Å². The Balaban J connectivity index is 1.99. The number of aliphatic hydroxyl groups excluding tert-OH is 1. The van der Waals surface area contributed by atoms with E-state index in [2.05, 4.69) is 5.32 Å². The highest BCUT2D eigenvalue weighted by molar-refractivity contribution is 5.94. The number of ether oxygens (including phenoxy) is 1. The van der Waals surface area contributed by atoms with Crippen molar-refractivity contribution in [1.82, 2.24) is 5.32 Å². The van der Waals surface area contributed by atoms with E-state index in [1.54, 1.807) is 6.07 Å². The minimum absolute atomic E-state index is 0.0770. The zero-order valence-corrected chi connectivity index (χ0v) is 11.9. The van der Waals surface area contributed by atoms with Gasteiger partial charge in [0.05, 0.1) is 30.7 Å². The lowest BCUT2D eigenvalue weighted by molar-refractivity contribution is -0.145. The monoisotopic (exact) mass is 311 g/mol. The van der Waals surface area contributed by atoms with Gasteiger partial charge in [0.1, 0.15) is 11.9 Å². The predicted octanol–water partition coefficient (Wildman–Crippen LogP) is 0.939. The average molecular weight is 311 g/mol. The van der Waals surface area contributed by atoms with Gasteiger partial charge in [-0.2, -0.15) is 0 Å². The van der Waals surface area contributed by atoms with Gasteiger partial charge in [0.2, 0.25) is 0 Å². The summed E-state index contributed by atoms with van der Waals surface area (Å²) < 4.78 is 19.1. The summed E-state index contributed by atoms with van der Waals surface area (Å²) in [5, 5.41) is 20.8. The zero-order chi connectivity index (χ0) is 16.1. The molecule has 7 heteroatoms. The molecule has 1 amide bonds. The zero-order valence-electron chi connectivity index (χ0n) is 11.9. The lowest BCUT2D eigenvalue weighted by Crippen LogP contribution is -2.51. The van der Waals surface area contributed by atoms with E-state index in [-0.39, 0.29) is 18.6 Å². The van der Waals surface area contributed by atoms with E-state index in [9.17, 15) is 19.1 Å². The highest BCUT2D eigenvalue weighted by Gasteiger charge is 2.33. The third kappa shape index (κ3) is 4.02. The number of rotatable bonds is 5. The lowest BCUT2D eigenvalue weighted by Gasteiger charge is -2.35. The number of hydrogen-bond donors (Lipinski definition) is 3. The molecule has 1 saturated heterocycles. The van der Waals surface area contributed by atoms with Crippen molar-refractivity contribution < 1.29 is 28.9 Å². The Kier molecular flexibility index (Phi) is 5.46. The summed E-state index contributed by atoms with van der Waals surface area (Å²) >= 11 is 0. The molecule has 1 aliphatic rings. The fraction of sp³-hybridized carbons (Fsp3) is 0.467. The van der Waals surface area contributed by atoms with E-state index in [1.807, 2.05) is 0 Å². The Morgan fingerprint density at radius 3 is 2.68 bits per heavy atom. The van der Waals surface area contributed by atoms with Crippen LogP contribution >= 0.6 is 0 Å². The molecule has 22 heavy (non-hydrogen) atoms. The van der Waals surface area contributed by atoms with E-state index in [1.165, 1.54) is 18.2 Å². The molecule has 1 aliphatic heterocycles. The summed E-state index contributed by atoms with van der Waals surface area (Å²) in [4.78, 5) is 22.8. The summed E-state index contributed by atoms with van der Waals surface area (Å²) in [6, 6.07) is 5.13. The number of carbonyl (C=O) groups is 2. The number of carbonyl (C=O) groups excluding carboxylic acids is 1. The topological polar surface area (TPSA) is 95.9 Å². The van der Waals surface area contributed by atoms with Crippen LogP contribution in [0.25, 0.3) is 0 Å². The van der Waals surface area contributed by atoms with E-state index in [0.29, 0.717) is 12.8 Å². The molecule has 0 unspecified atom stereocenters. The summed E-state index contributed by atoms with van der Waals surface area (Å²) in [6.07, 6.45) is -0.427. The fourth-order valence-electron chi connectivity index (χ4n) is 2.53. The Morgan fingerprint density at radius 1 is 1.32 bits per heavy atom. The Labute approximate surface area is 126 Å². The first-order chi connectivity index (χ1) is 10.5. The number of halogens is 1. The minimum atomic E-state index is -0.976. The van der Waals surface area contributed by atoms with Gasteiger partial charge in [-0.25, -0.2) is 4.39 Å². The van der Waals surface area contributed by atoms with Crippen LogP contribution in [0.3, 0.4) is 0 Å². The van der Waals surface area contributed by atoms with Crippen LogP contribution in [0.2, 0.25) is 0 Å². The standard InChI is InChI=1S/C15H18FNO5/c16-11-4-2-1-3-10(11)15(21)17-12-6-5-9(7-14(19)20)22-13(12)8-18/h1-4,9,12-13,18H,5-8H2,(H,17,21)(H,19,20)/t9-,12-,13-/m0/s1. The smallest absolute Gasteiger partial charge is 0.305 e. The molecule has 0 aliphatic carbocycles. The molecule has 1 fully saturated rings. The van der Waals surface area contributed by atoms with Crippen LogP contribution in [-0.4, -0.2) is 46.9 Å². The van der Waals surface area contributed by atoms with Gasteiger partial charge in [0.15, 0.2) is 0 Å². The van der Waals surface area contributed by atoms with Gasteiger partial charge in [-0.15, -0.1) is 0 Å². The second-order valence-corrected chi connectivity index (χ2v) is 5.21. The first-order valence-electron chi connectivity index (χ1n) is 7.04. The Hall–Kier alpha value is -1.99. The molecule has 0 aromatic heterocycles. The van der Waals surface area contributed by atoms with Crippen molar-refractivity contribution in [3.63, 3.8) is 0 Å². The average Bonchev–Trinajstić information content (AvgIpc) is 2.48. The third-order valence-electron chi connectivity index (χ3n) is 3.63. The fourth-order valence-corrected chi connectivity index (χ4v) is 2.53. The molecule has 1 aromatic carbocycles. The number of carboxylic acids is 1. The first-order valence-corrected chi connectivity index (χ1v) is 7.04. The SMILES string of the molecule is O=C(O)C[C@@H]1CC[C@H](NC(=O)c2ccccc2F)[C@H](CO)O1. The number of aliphatic hydroxyl groups is 1. The minimum Gasteiger partial charge on any atom is -0.481 e. The molecule has 0 saturated carbocycles. The van der Waals surface area contributed by atoms with Crippen molar-refractivity contribution in [1.29, 1.82) is 0 Å². The van der Waals surface area contributed by atoms with E-state index < -0.39 is 35.9 Å². The van der Waals surface area contributed by atoms with Crippen molar-refractivity contribution in [2.24, 2.45) is 0 Å². The maximum Gasteiger partial charge on any atom is 0.305 e. The third-order valence-corrected chi connectivity index (χ3v) is 3.63. The Morgan fingerprint density at radius 2 is 2.05 bits per heavy atom. The molecular formula is C15H18FNO5. The quantitative estimate of drug-likeness (QED) is 0.752. The van der Waals surface area contributed by atoms with Gasteiger partial charge in [-0.1, -0.05) is 12.1 Å². The van der Waals surface area contributed by atoms with Crippen molar-refractivity contribution in [3.8, 4) is 0 Å². The summed E-state index contributed by atoms with van der Waals surface area (Å²) in [5.74, 6) is -2.18. The highest BCUT2D eigenvalue weighted by atomic mass is 19.1. The van der Waals surface area contributed by atoms with Crippen LogP contribution in [-0.2, 0) is 9.53 Å². The summed E-state index contributed by atoms with van der Waals surface area (Å²) in [6.45, 7) is -0.349. The molecule has 2 rings (SSSR count).